The van der Waals surface area contributed by atoms with Gasteiger partial charge in [0.1, 0.15) is 0 Å². The molecule has 0 saturated heterocycles. The molecule has 0 unspecified atom stereocenters. The molecule has 0 aromatic carbocycles. The molecule has 2 rings (SSSR count). The van der Waals surface area contributed by atoms with Crippen molar-refractivity contribution in [2.45, 2.75) is 19.8 Å². The van der Waals surface area contributed by atoms with Crippen LogP contribution in [0.4, 0.5) is 0 Å². The fourth-order valence-electron chi connectivity index (χ4n) is 1.66. The van der Waals surface area contributed by atoms with Gasteiger partial charge in [0, 0.05) is 24.0 Å². The van der Waals surface area contributed by atoms with Gasteiger partial charge in [-0.1, -0.05) is 13.8 Å². The van der Waals surface area contributed by atoms with E-state index in [1.807, 2.05) is 13.8 Å². The van der Waals surface area contributed by atoms with Crippen LogP contribution in [0.15, 0.2) is 24.5 Å². The minimum Gasteiger partial charge on any atom is -0.478 e. The summed E-state index contributed by atoms with van der Waals surface area (Å²) in [6.45, 7) is 4.03. The number of nitrogens with zero attached hydrogens (tertiary/aromatic N) is 3. The number of rotatable bonds is 3. The Morgan fingerprint density at radius 1 is 1.53 bits per heavy atom. The number of hydrogen-bond donors (Lipinski definition) is 1. The molecule has 1 N–H and O–H groups in total. The maximum absolute atomic E-state index is 10.6. The molecule has 0 aliphatic carbocycles. The molecule has 0 atom stereocenters. The van der Waals surface area contributed by atoms with Gasteiger partial charge in [0.15, 0.2) is 5.65 Å². The van der Waals surface area contributed by atoms with E-state index in [4.69, 9.17) is 5.11 Å². The van der Waals surface area contributed by atoms with Crippen molar-refractivity contribution in [3.63, 3.8) is 0 Å². The Balaban J connectivity index is 2.63. The number of hydrogen-bond acceptors (Lipinski definition) is 3. The molecule has 2 aromatic heterocycles. The lowest BCUT2D eigenvalue weighted by Crippen LogP contribution is -1.92. The van der Waals surface area contributed by atoms with E-state index in [1.165, 1.54) is 0 Å². The van der Waals surface area contributed by atoms with E-state index in [2.05, 4.69) is 10.1 Å². The van der Waals surface area contributed by atoms with Gasteiger partial charge < -0.3 is 5.11 Å². The number of aromatic nitrogens is 3. The fourth-order valence-corrected chi connectivity index (χ4v) is 1.66. The lowest BCUT2D eigenvalue weighted by Gasteiger charge is -1.99. The third-order valence-corrected chi connectivity index (χ3v) is 2.40. The molecule has 0 spiro atoms. The van der Waals surface area contributed by atoms with Crippen LogP contribution in [0.25, 0.3) is 11.7 Å². The molecular weight excluding hydrogens is 218 g/mol. The normalized spacial score (nSPS) is 11.7. The predicted molar refractivity (Wildman–Crippen MR) is 63.7 cm³/mol. The minimum absolute atomic E-state index is 0.213. The SMILES string of the molecule is CC(C)c1nn2cccnc2c1/C=C/C(=O)O. The zero-order valence-electron chi connectivity index (χ0n) is 9.66. The van der Waals surface area contributed by atoms with E-state index in [9.17, 15) is 4.79 Å². The molecule has 2 heterocycles. The third kappa shape index (κ3) is 2.18. The number of carbonyl (C=O) groups is 1. The number of fused-ring (bicyclic) bond motifs is 1. The quantitative estimate of drug-likeness (QED) is 0.820. The van der Waals surface area contributed by atoms with Gasteiger partial charge in [-0.05, 0) is 18.1 Å². The van der Waals surface area contributed by atoms with Crippen LogP contribution in [0.5, 0.6) is 0 Å². The van der Waals surface area contributed by atoms with E-state index in [1.54, 1.807) is 29.1 Å². The van der Waals surface area contributed by atoms with Crippen LogP contribution >= 0.6 is 0 Å². The van der Waals surface area contributed by atoms with Crippen molar-refractivity contribution in [1.82, 2.24) is 14.6 Å². The summed E-state index contributed by atoms with van der Waals surface area (Å²) in [5, 5.41) is 13.1. The van der Waals surface area contributed by atoms with Crippen LogP contribution in [0.3, 0.4) is 0 Å². The summed E-state index contributed by atoms with van der Waals surface area (Å²) in [6.07, 6.45) is 6.12. The highest BCUT2D eigenvalue weighted by Crippen LogP contribution is 2.22. The van der Waals surface area contributed by atoms with Crippen LogP contribution < -0.4 is 0 Å². The molecule has 0 saturated carbocycles. The second kappa shape index (κ2) is 4.37. The molecule has 0 amide bonds. The van der Waals surface area contributed by atoms with E-state index in [0.29, 0.717) is 5.65 Å². The Morgan fingerprint density at radius 2 is 2.29 bits per heavy atom. The van der Waals surface area contributed by atoms with Gasteiger partial charge in [-0.3, -0.25) is 0 Å². The molecule has 0 fully saturated rings. The Kier molecular flexibility index (Phi) is 2.91. The first kappa shape index (κ1) is 11.3. The van der Waals surface area contributed by atoms with E-state index < -0.39 is 5.97 Å². The topological polar surface area (TPSA) is 67.5 Å². The van der Waals surface area contributed by atoms with Crippen molar-refractivity contribution in [2.24, 2.45) is 0 Å². The number of carboxylic acids is 1. The van der Waals surface area contributed by atoms with Gasteiger partial charge in [0.2, 0.25) is 0 Å². The molecule has 5 nitrogen and oxygen atoms in total. The maximum Gasteiger partial charge on any atom is 0.328 e. The molecule has 88 valence electrons. The summed E-state index contributed by atoms with van der Waals surface area (Å²) >= 11 is 0. The zero-order chi connectivity index (χ0) is 12.4. The Labute approximate surface area is 98.4 Å². The number of aliphatic carboxylic acids is 1. The Bertz CT molecular complexity index is 584. The summed E-state index contributed by atoms with van der Waals surface area (Å²) in [4.78, 5) is 14.8. The zero-order valence-corrected chi connectivity index (χ0v) is 9.66. The molecule has 0 aliphatic rings. The first-order valence-corrected chi connectivity index (χ1v) is 5.34. The van der Waals surface area contributed by atoms with Gasteiger partial charge >= 0.3 is 5.97 Å². The molecule has 2 aromatic rings. The number of carboxylic acid groups (broad SMARTS) is 1. The monoisotopic (exact) mass is 231 g/mol. The first-order valence-electron chi connectivity index (χ1n) is 5.34. The maximum atomic E-state index is 10.6. The van der Waals surface area contributed by atoms with Crippen LogP contribution in [-0.2, 0) is 4.79 Å². The molecule has 0 bridgehead atoms. The van der Waals surface area contributed by atoms with E-state index in [0.717, 1.165) is 17.3 Å². The summed E-state index contributed by atoms with van der Waals surface area (Å²) in [7, 11) is 0. The summed E-state index contributed by atoms with van der Waals surface area (Å²) in [5.41, 5.74) is 2.29. The van der Waals surface area contributed by atoms with Gasteiger partial charge in [-0.15, -0.1) is 0 Å². The van der Waals surface area contributed by atoms with E-state index >= 15 is 0 Å². The van der Waals surface area contributed by atoms with Crippen LogP contribution in [0.1, 0.15) is 31.0 Å². The highest BCUT2D eigenvalue weighted by atomic mass is 16.4. The standard InChI is InChI=1S/C12H13N3O2/c1-8(2)11-9(4-5-10(16)17)12-13-6-3-7-15(12)14-11/h3-8H,1-2H3,(H,16,17)/b5-4+. The molecule has 0 aliphatic heterocycles. The Hall–Kier alpha value is -2.17. The van der Waals surface area contributed by atoms with Crippen molar-refractivity contribution in [2.75, 3.05) is 0 Å². The van der Waals surface area contributed by atoms with Gasteiger partial charge in [0.05, 0.1) is 5.69 Å². The third-order valence-electron chi connectivity index (χ3n) is 2.40. The van der Waals surface area contributed by atoms with Gasteiger partial charge in [-0.2, -0.15) is 5.10 Å². The average Bonchev–Trinajstić information content (AvgIpc) is 2.65. The first-order chi connectivity index (χ1) is 8.09. The molecule has 0 radical (unpaired) electrons. The smallest absolute Gasteiger partial charge is 0.328 e. The average molecular weight is 231 g/mol. The molecule has 5 heteroatoms. The second-order valence-corrected chi connectivity index (χ2v) is 4.01. The van der Waals surface area contributed by atoms with Crippen molar-refractivity contribution < 1.29 is 9.90 Å². The lowest BCUT2D eigenvalue weighted by atomic mass is 10.1. The molecule has 17 heavy (non-hydrogen) atoms. The van der Waals surface area contributed by atoms with Crippen molar-refractivity contribution in [3.05, 3.63) is 35.8 Å². The predicted octanol–water partition coefficient (Wildman–Crippen LogP) is 1.95. The molecular formula is C12H13N3O2. The summed E-state index contributed by atoms with van der Waals surface area (Å²) < 4.78 is 1.66. The fraction of sp³-hybridized carbons (Fsp3) is 0.250. The van der Waals surface area contributed by atoms with Gasteiger partial charge in [-0.25, -0.2) is 14.3 Å². The van der Waals surface area contributed by atoms with Gasteiger partial charge in [0.25, 0.3) is 0 Å². The van der Waals surface area contributed by atoms with Crippen LogP contribution in [0.2, 0.25) is 0 Å². The van der Waals surface area contributed by atoms with E-state index in [-0.39, 0.29) is 5.92 Å². The summed E-state index contributed by atoms with van der Waals surface area (Å²) in [5.74, 6) is -0.764. The van der Waals surface area contributed by atoms with Crippen LogP contribution in [0, 0.1) is 0 Å². The highest BCUT2D eigenvalue weighted by Gasteiger charge is 2.14. The second-order valence-electron chi connectivity index (χ2n) is 4.01. The van der Waals surface area contributed by atoms with Crippen molar-refractivity contribution >= 4 is 17.7 Å². The highest BCUT2D eigenvalue weighted by molar-refractivity contribution is 5.87. The minimum atomic E-state index is -0.977. The van der Waals surface area contributed by atoms with Crippen LogP contribution in [-0.4, -0.2) is 25.7 Å². The van der Waals surface area contributed by atoms with Crippen molar-refractivity contribution in [1.29, 1.82) is 0 Å². The largest absolute Gasteiger partial charge is 0.478 e. The summed E-state index contributed by atoms with van der Waals surface area (Å²) in [6, 6.07) is 1.79. The van der Waals surface area contributed by atoms with Crippen molar-refractivity contribution in [3.8, 4) is 0 Å². The Morgan fingerprint density at radius 3 is 2.94 bits per heavy atom. The lowest BCUT2D eigenvalue weighted by molar-refractivity contribution is -0.131.